The SMILES string of the molecule is CCOCCC(=O)N(CC(=O)O)Cc1cc(OC)cc(OC)c1. The van der Waals surface area contributed by atoms with Gasteiger partial charge in [-0.25, -0.2) is 0 Å². The number of amides is 1. The number of hydrogen-bond acceptors (Lipinski definition) is 5. The lowest BCUT2D eigenvalue weighted by Crippen LogP contribution is -2.35. The van der Waals surface area contributed by atoms with E-state index in [2.05, 4.69) is 0 Å². The number of carboxylic acids is 1. The van der Waals surface area contributed by atoms with E-state index in [-0.39, 0.29) is 32.0 Å². The second-order valence-corrected chi connectivity index (χ2v) is 4.81. The van der Waals surface area contributed by atoms with E-state index in [1.165, 1.54) is 19.1 Å². The van der Waals surface area contributed by atoms with Gasteiger partial charge < -0.3 is 24.2 Å². The highest BCUT2D eigenvalue weighted by Crippen LogP contribution is 2.23. The fourth-order valence-corrected chi connectivity index (χ4v) is 2.04. The molecule has 0 aliphatic carbocycles. The summed E-state index contributed by atoms with van der Waals surface area (Å²) >= 11 is 0. The minimum atomic E-state index is -1.07. The highest BCUT2D eigenvalue weighted by Gasteiger charge is 2.18. The molecule has 1 aromatic rings. The Bertz CT molecular complexity index is 509. The van der Waals surface area contributed by atoms with Crippen molar-refractivity contribution >= 4 is 11.9 Å². The smallest absolute Gasteiger partial charge is 0.323 e. The third-order valence-electron chi connectivity index (χ3n) is 3.13. The molecule has 1 aromatic carbocycles. The van der Waals surface area contributed by atoms with Crippen molar-refractivity contribution in [3.8, 4) is 11.5 Å². The molecule has 0 heterocycles. The Morgan fingerprint density at radius 3 is 2.22 bits per heavy atom. The van der Waals surface area contributed by atoms with Crippen LogP contribution >= 0.6 is 0 Å². The molecular formula is C16H23NO6. The summed E-state index contributed by atoms with van der Waals surface area (Å²) in [6, 6.07) is 5.20. The molecule has 0 fully saturated rings. The van der Waals surface area contributed by atoms with Gasteiger partial charge in [0.05, 0.1) is 27.2 Å². The number of methoxy groups -OCH3 is 2. The number of carboxylic acid groups (broad SMARTS) is 1. The van der Waals surface area contributed by atoms with Gasteiger partial charge in [-0.3, -0.25) is 9.59 Å². The molecule has 0 saturated carbocycles. The Balaban J connectivity index is 2.87. The maximum Gasteiger partial charge on any atom is 0.323 e. The summed E-state index contributed by atoms with van der Waals surface area (Å²) in [6.07, 6.45) is 0.141. The minimum absolute atomic E-state index is 0.141. The van der Waals surface area contributed by atoms with Crippen LogP contribution in [0.25, 0.3) is 0 Å². The fourth-order valence-electron chi connectivity index (χ4n) is 2.04. The van der Waals surface area contributed by atoms with Crippen LogP contribution in [-0.2, 0) is 20.9 Å². The van der Waals surface area contributed by atoms with Crippen molar-refractivity contribution in [2.45, 2.75) is 19.9 Å². The second kappa shape index (κ2) is 9.68. The lowest BCUT2D eigenvalue weighted by atomic mass is 10.1. The van der Waals surface area contributed by atoms with Gasteiger partial charge in [-0.05, 0) is 24.6 Å². The molecule has 1 rings (SSSR count). The molecule has 23 heavy (non-hydrogen) atoms. The summed E-state index contributed by atoms with van der Waals surface area (Å²) in [4.78, 5) is 24.5. The summed E-state index contributed by atoms with van der Waals surface area (Å²) < 4.78 is 15.5. The molecule has 0 spiro atoms. The number of benzene rings is 1. The van der Waals surface area contributed by atoms with Crippen molar-refractivity contribution in [2.24, 2.45) is 0 Å². The van der Waals surface area contributed by atoms with Crippen molar-refractivity contribution in [2.75, 3.05) is 34.0 Å². The van der Waals surface area contributed by atoms with E-state index in [1.807, 2.05) is 6.92 Å². The molecule has 0 aliphatic rings. The third kappa shape index (κ3) is 6.56. The summed E-state index contributed by atoms with van der Waals surface area (Å²) in [5, 5.41) is 9.01. The van der Waals surface area contributed by atoms with Gasteiger partial charge in [-0.15, -0.1) is 0 Å². The van der Waals surface area contributed by atoms with Crippen LogP contribution in [0.4, 0.5) is 0 Å². The number of aliphatic carboxylic acids is 1. The van der Waals surface area contributed by atoms with Crippen molar-refractivity contribution < 1.29 is 28.9 Å². The Labute approximate surface area is 135 Å². The van der Waals surface area contributed by atoms with Gasteiger partial charge >= 0.3 is 5.97 Å². The molecule has 7 heteroatoms. The van der Waals surface area contributed by atoms with E-state index < -0.39 is 5.97 Å². The Kier molecular flexibility index (Phi) is 7.90. The van der Waals surface area contributed by atoms with E-state index in [9.17, 15) is 9.59 Å². The molecule has 7 nitrogen and oxygen atoms in total. The first-order valence-electron chi connectivity index (χ1n) is 7.29. The quantitative estimate of drug-likeness (QED) is 0.657. The zero-order chi connectivity index (χ0) is 17.2. The van der Waals surface area contributed by atoms with Crippen molar-refractivity contribution in [1.29, 1.82) is 0 Å². The minimum Gasteiger partial charge on any atom is -0.497 e. The van der Waals surface area contributed by atoms with Crippen LogP contribution < -0.4 is 9.47 Å². The molecule has 0 aromatic heterocycles. The zero-order valence-electron chi connectivity index (χ0n) is 13.7. The van der Waals surface area contributed by atoms with E-state index in [0.29, 0.717) is 18.1 Å². The fraction of sp³-hybridized carbons (Fsp3) is 0.500. The van der Waals surface area contributed by atoms with Crippen LogP contribution in [-0.4, -0.2) is 55.9 Å². The van der Waals surface area contributed by atoms with Gasteiger partial charge in [0, 0.05) is 19.2 Å². The van der Waals surface area contributed by atoms with Gasteiger partial charge in [-0.1, -0.05) is 0 Å². The second-order valence-electron chi connectivity index (χ2n) is 4.81. The molecule has 1 amide bonds. The maximum atomic E-state index is 12.2. The Hall–Kier alpha value is -2.28. The molecule has 0 saturated heterocycles. The van der Waals surface area contributed by atoms with Crippen molar-refractivity contribution in [3.05, 3.63) is 23.8 Å². The molecule has 128 valence electrons. The molecule has 0 radical (unpaired) electrons. The number of nitrogens with zero attached hydrogens (tertiary/aromatic N) is 1. The monoisotopic (exact) mass is 325 g/mol. The van der Waals surface area contributed by atoms with Gasteiger partial charge in [0.25, 0.3) is 0 Å². The number of carbonyl (C=O) groups is 2. The summed E-state index contributed by atoms with van der Waals surface area (Å²) in [7, 11) is 3.06. The van der Waals surface area contributed by atoms with Crippen LogP contribution in [0.1, 0.15) is 18.9 Å². The van der Waals surface area contributed by atoms with Crippen molar-refractivity contribution in [1.82, 2.24) is 4.90 Å². The molecule has 0 unspecified atom stereocenters. The predicted molar refractivity (Wildman–Crippen MR) is 83.7 cm³/mol. The van der Waals surface area contributed by atoms with Crippen molar-refractivity contribution in [3.63, 3.8) is 0 Å². The van der Waals surface area contributed by atoms with E-state index in [0.717, 1.165) is 5.56 Å². The van der Waals surface area contributed by atoms with Crippen LogP contribution in [0.3, 0.4) is 0 Å². The maximum absolute atomic E-state index is 12.2. The summed E-state index contributed by atoms with van der Waals surface area (Å²) in [6.45, 7) is 2.41. The average molecular weight is 325 g/mol. The first kappa shape index (κ1) is 18.8. The highest BCUT2D eigenvalue weighted by atomic mass is 16.5. The van der Waals surface area contributed by atoms with E-state index >= 15 is 0 Å². The first-order valence-corrected chi connectivity index (χ1v) is 7.29. The Morgan fingerprint density at radius 1 is 1.13 bits per heavy atom. The predicted octanol–water partition coefficient (Wildman–Crippen LogP) is 1.54. The highest BCUT2D eigenvalue weighted by molar-refractivity contribution is 5.81. The van der Waals surface area contributed by atoms with Crippen LogP contribution in [0.5, 0.6) is 11.5 Å². The van der Waals surface area contributed by atoms with Gasteiger partial charge in [-0.2, -0.15) is 0 Å². The van der Waals surface area contributed by atoms with Gasteiger partial charge in [0.1, 0.15) is 18.0 Å². The Morgan fingerprint density at radius 2 is 1.74 bits per heavy atom. The molecular weight excluding hydrogens is 302 g/mol. The molecule has 0 aliphatic heterocycles. The number of rotatable bonds is 10. The largest absolute Gasteiger partial charge is 0.497 e. The van der Waals surface area contributed by atoms with Crippen LogP contribution in [0.2, 0.25) is 0 Å². The lowest BCUT2D eigenvalue weighted by molar-refractivity contribution is -0.145. The summed E-state index contributed by atoms with van der Waals surface area (Å²) in [5.41, 5.74) is 0.729. The number of ether oxygens (including phenoxy) is 3. The zero-order valence-corrected chi connectivity index (χ0v) is 13.7. The van der Waals surface area contributed by atoms with Crippen LogP contribution in [0, 0.1) is 0 Å². The molecule has 0 atom stereocenters. The third-order valence-corrected chi connectivity index (χ3v) is 3.13. The number of hydrogen-bond donors (Lipinski definition) is 1. The van der Waals surface area contributed by atoms with Crippen LogP contribution in [0.15, 0.2) is 18.2 Å². The normalized spacial score (nSPS) is 10.2. The topological polar surface area (TPSA) is 85.3 Å². The average Bonchev–Trinajstić information content (AvgIpc) is 2.53. The first-order chi connectivity index (χ1) is 11.0. The molecule has 1 N–H and O–H groups in total. The van der Waals surface area contributed by atoms with Gasteiger partial charge in [0.2, 0.25) is 5.91 Å². The van der Waals surface area contributed by atoms with E-state index in [4.69, 9.17) is 19.3 Å². The van der Waals surface area contributed by atoms with E-state index in [1.54, 1.807) is 18.2 Å². The number of carbonyl (C=O) groups excluding carboxylic acids is 1. The lowest BCUT2D eigenvalue weighted by Gasteiger charge is -2.21. The van der Waals surface area contributed by atoms with Gasteiger partial charge in [0.15, 0.2) is 0 Å². The standard InChI is InChI=1S/C16H23NO6/c1-4-23-6-5-15(18)17(11-16(19)20)10-12-7-13(21-2)9-14(8-12)22-3/h7-9H,4-6,10-11H2,1-3H3,(H,19,20). The summed E-state index contributed by atoms with van der Waals surface area (Å²) in [5.74, 6) is -0.181. The molecule has 0 bridgehead atoms.